The first-order valence-electron chi connectivity index (χ1n) is 9.93. The molecule has 2 N–H and O–H groups in total. The van der Waals surface area contributed by atoms with Crippen LogP contribution in [0.3, 0.4) is 0 Å². The third-order valence-corrected chi connectivity index (χ3v) is 5.23. The molecule has 146 valence electrons. The number of ether oxygens (including phenoxy) is 1. The zero-order valence-electron chi connectivity index (χ0n) is 16.1. The van der Waals surface area contributed by atoms with Crippen LogP contribution >= 0.6 is 0 Å². The van der Waals surface area contributed by atoms with Crippen molar-refractivity contribution in [3.05, 3.63) is 53.0 Å². The zero-order valence-corrected chi connectivity index (χ0v) is 16.1. The fourth-order valence-electron chi connectivity index (χ4n) is 3.64. The Morgan fingerprint density at radius 3 is 2.89 bits per heavy atom. The van der Waals surface area contributed by atoms with Crippen molar-refractivity contribution >= 4 is 23.0 Å². The van der Waals surface area contributed by atoms with E-state index in [1.165, 1.54) is 16.7 Å². The van der Waals surface area contributed by atoms with Gasteiger partial charge in [-0.2, -0.15) is 0 Å². The van der Waals surface area contributed by atoms with Gasteiger partial charge in [-0.1, -0.05) is 31.6 Å². The average molecular weight is 379 g/mol. The second-order valence-corrected chi connectivity index (χ2v) is 7.33. The lowest BCUT2D eigenvalue weighted by Crippen LogP contribution is -2.11. The predicted molar refractivity (Wildman–Crippen MR) is 108 cm³/mol. The number of nitrogens with one attached hydrogen (secondary N) is 1. The van der Waals surface area contributed by atoms with Gasteiger partial charge in [-0.15, -0.1) is 0 Å². The maximum Gasteiger partial charge on any atom is 0.358 e. The third-order valence-electron chi connectivity index (χ3n) is 5.23. The van der Waals surface area contributed by atoms with Crippen LogP contribution in [0.1, 0.15) is 65.8 Å². The molecule has 1 saturated carbocycles. The molecule has 0 bridgehead atoms. The van der Waals surface area contributed by atoms with E-state index in [4.69, 9.17) is 4.74 Å². The second kappa shape index (κ2) is 8.10. The molecular formula is C22H25N3O3. The Labute approximate surface area is 164 Å². The zero-order chi connectivity index (χ0) is 19.5. The van der Waals surface area contributed by atoms with E-state index in [9.17, 15) is 9.90 Å². The SMILES string of the molecule is CCCc1c(Nc2ncc(C3CC3)nc2C(=O)O)cccc1C1=CCOCC1. The number of aromatic nitrogens is 2. The Morgan fingerprint density at radius 1 is 1.36 bits per heavy atom. The fraction of sp³-hybridized carbons (Fsp3) is 0.409. The van der Waals surface area contributed by atoms with Crippen molar-refractivity contribution in [1.29, 1.82) is 0 Å². The summed E-state index contributed by atoms with van der Waals surface area (Å²) >= 11 is 0. The van der Waals surface area contributed by atoms with Crippen LogP contribution in [0.2, 0.25) is 0 Å². The Morgan fingerprint density at radius 2 is 2.21 bits per heavy atom. The number of hydrogen-bond donors (Lipinski definition) is 2. The molecule has 0 spiro atoms. The normalized spacial score (nSPS) is 16.5. The molecule has 1 fully saturated rings. The first-order chi connectivity index (χ1) is 13.7. The van der Waals surface area contributed by atoms with Crippen LogP contribution in [0.25, 0.3) is 5.57 Å². The molecule has 1 aromatic heterocycles. The van der Waals surface area contributed by atoms with Gasteiger partial charge < -0.3 is 15.2 Å². The summed E-state index contributed by atoms with van der Waals surface area (Å²) in [5, 5.41) is 12.9. The summed E-state index contributed by atoms with van der Waals surface area (Å²) in [6, 6.07) is 6.11. The topological polar surface area (TPSA) is 84.3 Å². The molecule has 0 radical (unpaired) electrons. The Hall–Kier alpha value is -2.73. The maximum atomic E-state index is 11.8. The minimum absolute atomic E-state index is 0.0115. The van der Waals surface area contributed by atoms with E-state index in [-0.39, 0.29) is 5.69 Å². The Bertz CT molecular complexity index is 919. The van der Waals surface area contributed by atoms with Crippen LogP contribution in [0.4, 0.5) is 11.5 Å². The summed E-state index contributed by atoms with van der Waals surface area (Å²) in [4.78, 5) is 20.5. The number of carboxylic acid groups (broad SMARTS) is 1. The second-order valence-electron chi connectivity index (χ2n) is 7.33. The third kappa shape index (κ3) is 3.92. The smallest absolute Gasteiger partial charge is 0.358 e. The van der Waals surface area contributed by atoms with Gasteiger partial charge >= 0.3 is 5.97 Å². The molecule has 2 aliphatic rings. The molecule has 2 aromatic rings. The number of nitrogens with zero attached hydrogens (tertiary/aromatic N) is 2. The lowest BCUT2D eigenvalue weighted by molar-refractivity contribution is 0.0691. The van der Waals surface area contributed by atoms with E-state index >= 15 is 0 Å². The summed E-state index contributed by atoms with van der Waals surface area (Å²) in [6.45, 7) is 3.51. The van der Waals surface area contributed by atoms with Gasteiger partial charge in [0.05, 0.1) is 25.1 Å². The lowest BCUT2D eigenvalue weighted by Gasteiger charge is -2.20. The standard InChI is InChI=1S/C22H25N3O3/c1-2-4-17-16(14-9-11-28-12-10-14)5-3-6-18(17)25-21-20(22(26)27)24-19(13-23-21)15-7-8-15/h3,5-6,9,13,15H,2,4,7-8,10-12H2,1H3,(H,23,25)(H,26,27). The largest absolute Gasteiger partial charge is 0.476 e. The molecule has 2 heterocycles. The quantitative estimate of drug-likeness (QED) is 0.734. The minimum Gasteiger partial charge on any atom is -0.476 e. The van der Waals surface area contributed by atoms with E-state index in [0.717, 1.165) is 50.1 Å². The lowest BCUT2D eigenvalue weighted by atomic mass is 9.92. The molecule has 6 heteroatoms. The van der Waals surface area contributed by atoms with Crippen molar-refractivity contribution in [3.63, 3.8) is 0 Å². The number of carbonyl (C=O) groups is 1. The van der Waals surface area contributed by atoms with Gasteiger partial charge in [-0.3, -0.25) is 0 Å². The number of carboxylic acids is 1. The van der Waals surface area contributed by atoms with E-state index in [2.05, 4.69) is 34.4 Å². The van der Waals surface area contributed by atoms with Crippen LogP contribution in [-0.4, -0.2) is 34.3 Å². The summed E-state index contributed by atoms with van der Waals surface area (Å²) < 4.78 is 5.45. The average Bonchev–Trinajstić information content (AvgIpc) is 3.55. The summed E-state index contributed by atoms with van der Waals surface area (Å²) in [5.41, 5.74) is 5.33. The molecule has 0 amide bonds. The highest BCUT2D eigenvalue weighted by Crippen LogP contribution is 2.39. The first-order valence-corrected chi connectivity index (χ1v) is 9.93. The Kier molecular flexibility index (Phi) is 5.39. The molecule has 1 aliphatic carbocycles. The van der Waals surface area contributed by atoms with E-state index in [0.29, 0.717) is 18.3 Å². The number of benzene rings is 1. The van der Waals surface area contributed by atoms with Gasteiger partial charge in [-0.25, -0.2) is 14.8 Å². The molecule has 0 atom stereocenters. The summed E-state index contributed by atoms with van der Waals surface area (Å²) in [6.07, 6.45) is 8.73. The molecule has 6 nitrogen and oxygen atoms in total. The van der Waals surface area contributed by atoms with E-state index in [1.807, 2.05) is 12.1 Å². The van der Waals surface area contributed by atoms with Crippen LogP contribution < -0.4 is 5.32 Å². The maximum absolute atomic E-state index is 11.8. The van der Waals surface area contributed by atoms with Crippen molar-refractivity contribution < 1.29 is 14.6 Å². The fourth-order valence-corrected chi connectivity index (χ4v) is 3.64. The van der Waals surface area contributed by atoms with Crippen molar-refractivity contribution in [2.75, 3.05) is 18.5 Å². The number of rotatable bonds is 7. The molecular weight excluding hydrogens is 354 g/mol. The van der Waals surface area contributed by atoms with Gasteiger partial charge in [0.2, 0.25) is 0 Å². The predicted octanol–water partition coefficient (Wildman–Crippen LogP) is 4.55. The molecule has 1 aromatic carbocycles. The van der Waals surface area contributed by atoms with Gasteiger partial charge in [0.1, 0.15) is 0 Å². The summed E-state index contributed by atoms with van der Waals surface area (Å²) in [7, 11) is 0. The van der Waals surface area contributed by atoms with Crippen molar-refractivity contribution in [3.8, 4) is 0 Å². The van der Waals surface area contributed by atoms with Crippen molar-refractivity contribution in [2.45, 2.75) is 44.9 Å². The van der Waals surface area contributed by atoms with Crippen molar-refractivity contribution in [1.82, 2.24) is 9.97 Å². The van der Waals surface area contributed by atoms with Gasteiger partial charge in [0.25, 0.3) is 0 Å². The van der Waals surface area contributed by atoms with Crippen LogP contribution in [0.15, 0.2) is 30.5 Å². The van der Waals surface area contributed by atoms with Gasteiger partial charge in [0.15, 0.2) is 11.5 Å². The highest BCUT2D eigenvalue weighted by atomic mass is 16.5. The highest BCUT2D eigenvalue weighted by molar-refractivity contribution is 5.92. The number of aromatic carboxylic acids is 1. The molecule has 0 saturated heterocycles. The van der Waals surface area contributed by atoms with Gasteiger partial charge in [0, 0.05) is 11.6 Å². The van der Waals surface area contributed by atoms with E-state index in [1.54, 1.807) is 6.20 Å². The number of hydrogen-bond acceptors (Lipinski definition) is 5. The van der Waals surface area contributed by atoms with Gasteiger partial charge in [-0.05, 0) is 48.4 Å². The van der Waals surface area contributed by atoms with E-state index < -0.39 is 5.97 Å². The summed E-state index contributed by atoms with van der Waals surface area (Å²) in [5.74, 6) is -0.399. The highest BCUT2D eigenvalue weighted by Gasteiger charge is 2.27. The van der Waals surface area contributed by atoms with Crippen LogP contribution in [0, 0.1) is 0 Å². The monoisotopic (exact) mass is 379 g/mol. The molecule has 0 unspecified atom stereocenters. The van der Waals surface area contributed by atoms with Crippen LogP contribution in [0.5, 0.6) is 0 Å². The molecule has 1 aliphatic heterocycles. The van der Waals surface area contributed by atoms with Crippen molar-refractivity contribution in [2.24, 2.45) is 0 Å². The van der Waals surface area contributed by atoms with Crippen LogP contribution in [-0.2, 0) is 11.2 Å². The Balaban J connectivity index is 1.71. The molecule has 4 rings (SSSR count). The number of anilines is 2. The first kappa shape index (κ1) is 18.6. The minimum atomic E-state index is -1.06. The molecule has 28 heavy (non-hydrogen) atoms.